The van der Waals surface area contributed by atoms with Crippen molar-refractivity contribution in [2.75, 3.05) is 13.1 Å². The third-order valence-corrected chi connectivity index (χ3v) is 3.64. The zero-order valence-corrected chi connectivity index (χ0v) is 10.4. The zero-order valence-electron chi connectivity index (χ0n) is 10.4. The number of nitrogens with one attached hydrogen (secondary N) is 1. The smallest absolute Gasteiger partial charge is 0.0221 e. The van der Waals surface area contributed by atoms with Gasteiger partial charge in [0.1, 0.15) is 0 Å². The summed E-state index contributed by atoms with van der Waals surface area (Å²) in [5.74, 6) is 0.795. The van der Waals surface area contributed by atoms with E-state index in [1.807, 2.05) is 0 Å². The van der Waals surface area contributed by atoms with Crippen LogP contribution in [0.3, 0.4) is 0 Å². The van der Waals surface area contributed by atoms with Gasteiger partial charge in [-0.15, -0.1) is 0 Å². The summed E-state index contributed by atoms with van der Waals surface area (Å²) in [6.45, 7) is 13.9. The van der Waals surface area contributed by atoms with Crippen LogP contribution in [0.15, 0.2) is 0 Å². The first-order valence-corrected chi connectivity index (χ1v) is 6.05. The highest BCUT2D eigenvalue weighted by Gasteiger charge is 2.28. The molecule has 1 fully saturated rings. The summed E-state index contributed by atoms with van der Waals surface area (Å²) in [6.07, 6.45) is 1.28. The van der Waals surface area contributed by atoms with Crippen molar-refractivity contribution in [3.05, 3.63) is 0 Å². The van der Waals surface area contributed by atoms with Crippen LogP contribution < -0.4 is 5.32 Å². The van der Waals surface area contributed by atoms with Gasteiger partial charge in [-0.3, -0.25) is 4.90 Å². The molecule has 0 saturated carbocycles. The molecule has 3 unspecified atom stereocenters. The van der Waals surface area contributed by atoms with Crippen molar-refractivity contribution in [3.8, 4) is 0 Å². The number of rotatable bonds is 3. The van der Waals surface area contributed by atoms with E-state index in [1.54, 1.807) is 0 Å². The highest BCUT2D eigenvalue weighted by atomic mass is 15.2. The van der Waals surface area contributed by atoms with Crippen molar-refractivity contribution in [3.63, 3.8) is 0 Å². The van der Waals surface area contributed by atoms with E-state index in [9.17, 15) is 0 Å². The maximum atomic E-state index is 3.66. The van der Waals surface area contributed by atoms with Crippen LogP contribution in [-0.2, 0) is 0 Å². The molecule has 14 heavy (non-hydrogen) atoms. The van der Waals surface area contributed by atoms with Gasteiger partial charge in [-0.05, 0) is 26.7 Å². The molecule has 0 spiro atoms. The summed E-state index contributed by atoms with van der Waals surface area (Å²) < 4.78 is 0. The van der Waals surface area contributed by atoms with E-state index in [4.69, 9.17) is 0 Å². The van der Waals surface area contributed by atoms with E-state index in [-0.39, 0.29) is 0 Å². The van der Waals surface area contributed by atoms with Crippen molar-refractivity contribution in [1.82, 2.24) is 10.2 Å². The molecule has 1 heterocycles. The van der Waals surface area contributed by atoms with Gasteiger partial charge < -0.3 is 5.32 Å². The van der Waals surface area contributed by atoms with Crippen molar-refractivity contribution in [2.45, 2.75) is 59.2 Å². The van der Waals surface area contributed by atoms with E-state index < -0.39 is 0 Å². The summed E-state index contributed by atoms with van der Waals surface area (Å²) in [6, 6.07) is 2.06. The van der Waals surface area contributed by atoms with Crippen LogP contribution in [0.4, 0.5) is 0 Å². The Morgan fingerprint density at radius 3 is 2.50 bits per heavy atom. The fourth-order valence-corrected chi connectivity index (χ4v) is 2.30. The first-order chi connectivity index (χ1) is 6.56. The lowest BCUT2D eigenvalue weighted by Crippen LogP contribution is -2.59. The molecule has 0 radical (unpaired) electrons. The maximum Gasteiger partial charge on any atom is 0.0221 e. The van der Waals surface area contributed by atoms with Crippen LogP contribution in [0.25, 0.3) is 0 Å². The zero-order chi connectivity index (χ0) is 10.7. The minimum absolute atomic E-state index is 0.679. The normalized spacial score (nSPS) is 32.1. The largest absolute Gasteiger partial charge is 0.311 e. The van der Waals surface area contributed by atoms with Crippen LogP contribution in [0.1, 0.15) is 41.0 Å². The van der Waals surface area contributed by atoms with Gasteiger partial charge in [-0.25, -0.2) is 0 Å². The molecule has 1 N–H and O–H groups in total. The summed E-state index contributed by atoms with van der Waals surface area (Å²) in [5.41, 5.74) is 0. The number of nitrogens with zero attached hydrogens (tertiary/aromatic N) is 1. The summed E-state index contributed by atoms with van der Waals surface area (Å²) in [4.78, 5) is 2.62. The second-order valence-corrected chi connectivity index (χ2v) is 5.04. The predicted octanol–water partition coefficient (Wildman–Crippen LogP) is 2.10. The van der Waals surface area contributed by atoms with Crippen molar-refractivity contribution >= 4 is 0 Å². The van der Waals surface area contributed by atoms with E-state index in [0.29, 0.717) is 18.1 Å². The topological polar surface area (TPSA) is 15.3 Å². The Morgan fingerprint density at radius 2 is 2.00 bits per heavy atom. The Morgan fingerprint density at radius 1 is 1.36 bits per heavy atom. The monoisotopic (exact) mass is 198 g/mol. The Hall–Kier alpha value is -0.0800. The Labute approximate surface area is 89.1 Å². The molecular formula is C12H26N2. The lowest BCUT2D eigenvalue weighted by atomic mass is 9.95. The maximum absolute atomic E-state index is 3.66. The minimum atomic E-state index is 0.679. The average Bonchev–Trinajstić information content (AvgIpc) is 2.17. The van der Waals surface area contributed by atoms with Gasteiger partial charge in [0, 0.05) is 31.2 Å². The third kappa shape index (κ3) is 2.71. The van der Waals surface area contributed by atoms with Crippen molar-refractivity contribution in [1.29, 1.82) is 0 Å². The predicted molar refractivity (Wildman–Crippen MR) is 62.5 cm³/mol. The quantitative estimate of drug-likeness (QED) is 0.747. The number of hydrogen-bond acceptors (Lipinski definition) is 2. The highest BCUT2D eigenvalue weighted by Crippen LogP contribution is 2.17. The van der Waals surface area contributed by atoms with Crippen LogP contribution in [0.5, 0.6) is 0 Å². The minimum Gasteiger partial charge on any atom is -0.311 e. The van der Waals surface area contributed by atoms with E-state index in [2.05, 4.69) is 44.8 Å². The Balaban J connectivity index is 2.53. The SMILES string of the molecule is CCC(C)C1CN(C(C)C)C(C)CN1. The molecule has 2 heteroatoms. The Kier molecular flexibility index (Phi) is 4.39. The average molecular weight is 198 g/mol. The van der Waals surface area contributed by atoms with Gasteiger partial charge in [-0.1, -0.05) is 20.3 Å². The molecule has 0 aromatic carbocycles. The lowest BCUT2D eigenvalue weighted by Gasteiger charge is -2.43. The number of hydrogen-bond donors (Lipinski definition) is 1. The van der Waals surface area contributed by atoms with Crippen LogP contribution >= 0.6 is 0 Å². The molecule has 0 bridgehead atoms. The summed E-state index contributed by atoms with van der Waals surface area (Å²) >= 11 is 0. The molecule has 84 valence electrons. The standard InChI is InChI=1S/C12H26N2/c1-6-10(4)12-8-14(9(2)3)11(5)7-13-12/h9-13H,6-8H2,1-5H3. The molecule has 0 aliphatic carbocycles. The van der Waals surface area contributed by atoms with Gasteiger partial charge in [0.15, 0.2) is 0 Å². The molecule has 0 amide bonds. The van der Waals surface area contributed by atoms with Crippen molar-refractivity contribution in [2.24, 2.45) is 5.92 Å². The molecule has 0 aromatic heterocycles. The van der Waals surface area contributed by atoms with Crippen LogP contribution in [0.2, 0.25) is 0 Å². The van der Waals surface area contributed by atoms with Crippen LogP contribution in [0, 0.1) is 5.92 Å². The molecule has 3 atom stereocenters. The highest BCUT2D eigenvalue weighted by molar-refractivity contribution is 4.87. The van der Waals surface area contributed by atoms with E-state index in [0.717, 1.165) is 12.5 Å². The molecule has 1 aliphatic heterocycles. The molecule has 1 aliphatic rings. The van der Waals surface area contributed by atoms with E-state index in [1.165, 1.54) is 13.0 Å². The second-order valence-electron chi connectivity index (χ2n) is 5.04. The van der Waals surface area contributed by atoms with Gasteiger partial charge in [0.25, 0.3) is 0 Å². The fourth-order valence-electron chi connectivity index (χ4n) is 2.30. The fraction of sp³-hybridized carbons (Fsp3) is 1.00. The molecule has 2 nitrogen and oxygen atoms in total. The van der Waals surface area contributed by atoms with E-state index >= 15 is 0 Å². The molecule has 1 saturated heterocycles. The third-order valence-electron chi connectivity index (χ3n) is 3.64. The van der Waals surface area contributed by atoms with Crippen LogP contribution in [-0.4, -0.2) is 36.1 Å². The molecular weight excluding hydrogens is 172 g/mol. The van der Waals surface area contributed by atoms with Gasteiger partial charge in [0.05, 0.1) is 0 Å². The first kappa shape index (κ1) is 12.0. The van der Waals surface area contributed by atoms with Crippen molar-refractivity contribution < 1.29 is 0 Å². The Bertz CT molecular complexity index is 168. The van der Waals surface area contributed by atoms with Gasteiger partial charge in [-0.2, -0.15) is 0 Å². The molecule has 1 rings (SSSR count). The lowest BCUT2D eigenvalue weighted by molar-refractivity contribution is 0.0893. The van der Waals surface area contributed by atoms with Gasteiger partial charge >= 0.3 is 0 Å². The molecule has 0 aromatic rings. The van der Waals surface area contributed by atoms with Gasteiger partial charge in [0.2, 0.25) is 0 Å². The first-order valence-electron chi connectivity index (χ1n) is 6.05. The summed E-state index contributed by atoms with van der Waals surface area (Å²) in [5, 5.41) is 3.66. The summed E-state index contributed by atoms with van der Waals surface area (Å²) in [7, 11) is 0. The second kappa shape index (κ2) is 5.13. The number of piperazine rings is 1.